The number of nitrogens with one attached hydrogen (secondary N) is 1. The third-order valence-corrected chi connectivity index (χ3v) is 1.01. The normalized spacial score (nSPS) is 10.7. The molecule has 0 bridgehead atoms. The maximum atomic E-state index is 3.77. The molecule has 0 aliphatic heterocycles. The van der Waals surface area contributed by atoms with E-state index in [1.807, 2.05) is 19.9 Å². The summed E-state index contributed by atoms with van der Waals surface area (Å²) in [6, 6.07) is 0. The molecule has 0 unspecified atom stereocenters. The molecular weight excluding hydrogens is 110 g/mol. The second-order valence-corrected chi connectivity index (χ2v) is 1.83. The van der Waals surface area contributed by atoms with Gasteiger partial charge in [-0.15, -0.1) is 0 Å². The van der Waals surface area contributed by atoms with Gasteiger partial charge in [-0.3, -0.25) is 0 Å². The van der Waals surface area contributed by atoms with Gasteiger partial charge in [-0.05, 0) is 25.6 Å². The fourth-order valence-electron chi connectivity index (χ4n) is 0.563. The Morgan fingerprint density at radius 1 is 1.56 bits per heavy atom. The summed E-state index contributed by atoms with van der Waals surface area (Å²) in [6.07, 6.45) is 3.61. The van der Waals surface area contributed by atoms with Gasteiger partial charge in [0, 0.05) is 5.70 Å². The van der Waals surface area contributed by atoms with Crippen molar-refractivity contribution in [2.45, 2.75) is 13.8 Å². The summed E-state index contributed by atoms with van der Waals surface area (Å²) in [7, 11) is 0. The van der Waals surface area contributed by atoms with E-state index in [1.54, 1.807) is 6.20 Å². The Labute approximate surface area is 56.8 Å². The Balaban J connectivity index is 4.00. The zero-order valence-corrected chi connectivity index (χ0v) is 6.07. The SMILES string of the molecule is C=CN/C(=C\C)C(=C)C. The first-order valence-electron chi connectivity index (χ1n) is 2.92. The molecular formula is C8H13N. The molecule has 0 aromatic heterocycles. The van der Waals surface area contributed by atoms with Crippen molar-refractivity contribution in [3.8, 4) is 0 Å². The first kappa shape index (κ1) is 8.02. The van der Waals surface area contributed by atoms with E-state index in [-0.39, 0.29) is 0 Å². The summed E-state index contributed by atoms with van der Waals surface area (Å²) >= 11 is 0. The van der Waals surface area contributed by atoms with Crippen LogP contribution >= 0.6 is 0 Å². The molecule has 0 atom stereocenters. The molecule has 0 aromatic carbocycles. The molecule has 1 nitrogen and oxygen atoms in total. The fraction of sp³-hybridized carbons (Fsp3) is 0.250. The Morgan fingerprint density at radius 3 is 2.22 bits per heavy atom. The third-order valence-electron chi connectivity index (χ3n) is 1.01. The molecule has 0 amide bonds. The summed E-state index contributed by atoms with van der Waals surface area (Å²) in [5.41, 5.74) is 2.06. The second kappa shape index (κ2) is 3.96. The number of rotatable bonds is 3. The van der Waals surface area contributed by atoms with E-state index in [2.05, 4.69) is 18.5 Å². The van der Waals surface area contributed by atoms with Crippen LogP contribution in [0, 0.1) is 0 Å². The standard InChI is InChI=1S/C8H13N/c1-5-8(7(3)4)9-6-2/h5-6,9H,2-3H2,1,4H3/b8-5-. The van der Waals surface area contributed by atoms with Crippen LogP contribution < -0.4 is 5.32 Å². The van der Waals surface area contributed by atoms with Gasteiger partial charge in [0.1, 0.15) is 0 Å². The molecule has 0 aliphatic rings. The second-order valence-electron chi connectivity index (χ2n) is 1.83. The van der Waals surface area contributed by atoms with Crippen LogP contribution in [0.3, 0.4) is 0 Å². The summed E-state index contributed by atoms with van der Waals surface area (Å²) in [6.45, 7) is 11.2. The van der Waals surface area contributed by atoms with Crippen LogP contribution in [0.1, 0.15) is 13.8 Å². The highest BCUT2D eigenvalue weighted by Crippen LogP contribution is 2.00. The molecule has 0 saturated carbocycles. The van der Waals surface area contributed by atoms with Crippen molar-refractivity contribution >= 4 is 0 Å². The zero-order chi connectivity index (χ0) is 7.28. The van der Waals surface area contributed by atoms with Crippen LogP contribution in [0.5, 0.6) is 0 Å². The van der Waals surface area contributed by atoms with Gasteiger partial charge in [0.2, 0.25) is 0 Å². The number of hydrogen-bond donors (Lipinski definition) is 1. The average molecular weight is 123 g/mol. The fourth-order valence-corrected chi connectivity index (χ4v) is 0.563. The average Bonchev–Trinajstić information content (AvgIpc) is 1.82. The lowest BCUT2D eigenvalue weighted by Crippen LogP contribution is -2.03. The van der Waals surface area contributed by atoms with Gasteiger partial charge in [0.25, 0.3) is 0 Å². The minimum atomic E-state index is 1.03. The molecule has 0 radical (unpaired) electrons. The molecule has 0 rings (SSSR count). The topological polar surface area (TPSA) is 12.0 Å². The minimum absolute atomic E-state index is 1.03. The molecule has 0 aliphatic carbocycles. The van der Waals surface area contributed by atoms with Crippen molar-refractivity contribution in [3.05, 3.63) is 36.7 Å². The van der Waals surface area contributed by atoms with Gasteiger partial charge in [-0.1, -0.05) is 19.2 Å². The van der Waals surface area contributed by atoms with E-state index in [0.29, 0.717) is 0 Å². The van der Waals surface area contributed by atoms with Crippen molar-refractivity contribution < 1.29 is 0 Å². The summed E-state index contributed by atoms with van der Waals surface area (Å²) in [5, 5.41) is 2.96. The maximum absolute atomic E-state index is 3.77. The van der Waals surface area contributed by atoms with Crippen LogP contribution in [-0.4, -0.2) is 0 Å². The van der Waals surface area contributed by atoms with Crippen LogP contribution in [0.2, 0.25) is 0 Å². The first-order chi connectivity index (χ1) is 4.22. The van der Waals surface area contributed by atoms with Crippen LogP contribution in [-0.2, 0) is 0 Å². The van der Waals surface area contributed by atoms with E-state index in [0.717, 1.165) is 11.3 Å². The molecule has 1 heteroatoms. The van der Waals surface area contributed by atoms with E-state index < -0.39 is 0 Å². The lowest BCUT2D eigenvalue weighted by atomic mass is 10.2. The highest BCUT2D eigenvalue weighted by atomic mass is 14.8. The van der Waals surface area contributed by atoms with Crippen LogP contribution in [0.25, 0.3) is 0 Å². The molecule has 50 valence electrons. The Hall–Kier alpha value is -0.980. The highest BCUT2D eigenvalue weighted by molar-refractivity contribution is 5.24. The van der Waals surface area contributed by atoms with Gasteiger partial charge >= 0.3 is 0 Å². The van der Waals surface area contributed by atoms with Crippen molar-refractivity contribution in [2.75, 3.05) is 0 Å². The van der Waals surface area contributed by atoms with Gasteiger partial charge in [-0.2, -0.15) is 0 Å². The molecule has 0 saturated heterocycles. The van der Waals surface area contributed by atoms with Crippen molar-refractivity contribution in [1.82, 2.24) is 5.32 Å². The van der Waals surface area contributed by atoms with Crippen molar-refractivity contribution in [2.24, 2.45) is 0 Å². The predicted molar refractivity (Wildman–Crippen MR) is 41.9 cm³/mol. The summed E-state index contributed by atoms with van der Waals surface area (Å²) in [5.74, 6) is 0. The quantitative estimate of drug-likeness (QED) is 0.567. The van der Waals surface area contributed by atoms with Crippen LogP contribution in [0.15, 0.2) is 36.7 Å². The largest absolute Gasteiger partial charge is 0.362 e. The van der Waals surface area contributed by atoms with E-state index in [4.69, 9.17) is 0 Å². The van der Waals surface area contributed by atoms with Gasteiger partial charge in [0.05, 0.1) is 0 Å². The molecule has 0 aromatic rings. The Bertz CT molecular complexity index is 143. The predicted octanol–water partition coefficient (Wildman–Crippen LogP) is 2.20. The van der Waals surface area contributed by atoms with Gasteiger partial charge in [-0.25, -0.2) is 0 Å². The number of hydrogen-bond acceptors (Lipinski definition) is 1. The smallest absolute Gasteiger partial charge is 0.0359 e. The molecule has 0 fully saturated rings. The van der Waals surface area contributed by atoms with Crippen molar-refractivity contribution in [1.29, 1.82) is 0 Å². The third kappa shape index (κ3) is 2.75. The lowest BCUT2D eigenvalue weighted by molar-refractivity contribution is 1.07. The van der Waals surface area contributed by atoms with Crippen LogP contribution in [0.4, 0.5) is 0 Å². The van der Waals surface area contributed by atoms with Gasteiger partial charge < -0.3 is 5.32 Å². The minimum Gasteiger partial charge on any atom is -0.362 e. The lowest BCUT2D eigenvalue weighted by Gasteiger charge is -2.03. The number of allylic oxidation sites excluding steroid dienone is 2. The van der Waals surface area contributed by atoms with E-state index in [9.17, 15) is 0 Å². The molecule has 9 heavy (non-hydrogen) atoms. The Morgan fingerprint density at radius 2 is 2.11 bits per heavy atom. The summed E-state index contributed by atoms with van der Waals surface area (Å²) in [4.78, 5) is 0. The monoisotopic (exact) mass is 123 g/mol. The van der Waals surface area contributed by atoms with E-state index in [1.165, 1.54) is 0 Å². The molecule has 0 spiro atoms. The van der Waals surface area contributed by atoms with E-state index >= 15 is 0 Å². The first-order valence-corrected chi connectivity index (χ1v) is 2.92. The van der Waals surface area contributed by atoms with Crippen molar-refractivity contribution in [3.63, 3.8) is 0 Å². The maximum Gasteiger partial charge on any atom is 0.0359 e. The Kier molecular flexibility index (Phi) is 3.52. The molecule has 0 heterocycles. The van der Waals surface area contributed by atoms with Gasteiger partial charge in [0.15, 0.2) is 0 Å². The summed E-state index contributed by atoms with van der Waals surface area (Å²) < 4.78 is 0. The zero-order valence-electron chi connectivity index (χ0n) is 6.07. The highest BCUT2D eigenvalue weighted by Gasteiger charge is 1.88. The molecule has 1 N–H and O–H groups in total.